The van der Waals surface area contributed by atoms with Gasteiger partial charge in [-0.3, -0.25) is 0 Å². The predicted molar refractivity (Wildman–Crippen MR) is 81.3 cm³/mol. The van der Waals surface area contributed by atoms with E-state index in [1.54, 1.807) is 7.11 Å². The lowest BCUT2D eigenvalue weighted by atomic mass is 9.81. The highest BCUT2D eigenvalue weighted by Crippen LogP contribution is 2.49. The summed E-state index contributed by atoms with van der Waals surface area (Å²) in [5.74, 6) is 3.52. The number of rotatable bonds is 4. The molecule has 4 unspecified atom stereocenters. The van der Waals surface area contributed by atoms with E-state index in [0.717, 1.165) is 34.4 Å². The van der Waals surface area contributed by atoms with E-state index in [-0.39, 0.29) is 0 Å². The predicted octanol–water partition coefficient (Wildman–Crippen LogP) is 3.76. The Balaban J connectivity index is 1.66. The van der Waals surface area contributed by atoms with Gasteiger partial charge in [-0.2, -0.15) is 0 Å². The third kappa shape index (κ3) is 2.68. The number of nitrogens with two attached hydrogens (primary N) is 1. The van der Waals surface area contributed by atoms with Gasteiger partial charge in [-0.05, 0) is 77.1 Å². The Bertz CT molecular complexity index is 462. The molecule has 3 rings (SSSR count). The Labute approximate surface area is 123 Å². The summed E-state index contributed by atoms with van der Waals surface area (Å²) in [5.41, 5.74) is 7.78. The van der Waals surface area contributed by atoms with E-state index < -0.39 is 0 Å². The van der Waals surface area contributed by atoms with E-state index in [2.05, 4.69) is 28.1 Å². The molecule has 2 fully saturated rings. The van der Waals surface area contributed by atoms with Crippen LogP contribution in [0.1, 0.15) is 31.2 Å². The van der Waals surface area contributed by atoms with Gasteiger partial charge in [-0.15, -0.1) is 0 Å². The van der Waals surface area contributed by atoms with Crippen molar-refractivity contribution in [1.82, 2.24) is 0 Å². The van der Waals surface area contributed by atoms with Crippen LogP contribution in [0.25, 0.3) is 0 Å². The molecule has 0 amide bonds. The Hall–Kier alpha value is -0.540. The van der Waals surface area contributed by atoms with Crippen molar-refractivity contribution in [2.45, 2.75) is 38.1 Å². The fraction of sp³-hybridized carbons (Fsp3) is 0.625. The maximum atomic E-state index is 6.47. The van der Waals surface area contributed by atoms with Crippen molar-refractivity contribution in [2.75, 3.05) is 7.11 Å². The summed E-state index contributed by atoms with van der Waals surface area (Å²) in [6, 6.07) is 6.62. The molecule has 0 heterocycles. The monoisotopic (exact) mass is 323 g/mol. The summed E-state index contributed by atoms with van der Waals surface area (Å²) in [5, 5.41) is 0. The maximum Gasteiger partial charge on any atom is 0.133 e. The van der Waals surface area contributed by atoms with Crippen molar-refractivity contribution in [1.29, 1.82) is 0 Å². The van der Waals surface area contributed by atoms with Gasteiger partial charge in [0.2, 0.25) is 0 Å². The highest BCUT2D eigenvalue weighted by molar-refractivity contribution is 9.10. The zero-order valence-corrected chi connectivity index (χ0v) is 13.0. The van der Waals surface area contributed by atoms with E-state index in [1.165, 1.54) is 31.2 Å². The standard InChI is InChI=1S/C16H22BrNO/c1-19-16-5-3-11(8-14(16)17)9-15(18)13-7-10-2-4-12(13)6-10/h3,5,8,10,12-13,15H,2,4,6-7,9,18H2,1H3. The van der Waals surface area contributed by atoms with Gasteiger partial charge in [0.25, 0.3) is 0 Å². The molecule has 2 aliphatic carbocycles. The van der Waals surface area contributed by atoms with Gasteiger partial charge in [-0.1, -0.05) is 12.5 Å². The molecule has 1 aromatic rings. The van der Waals surface area contributed by atoms with E-state index >= 15 is 0 Å². The van der Waals surface area contributed by atoms with Crippen LogP contribution >= 0.6 is 15.9 Å². The molecule has 0 saturated heterocycles. The highest BCUT2D eigenvalue weighted by Gasteiger charge is 2.41. The van der Waals surface area contributed by atoms with Gasteiger partial charge in [0.1, 0.15) is 5.75 Å². The molecule has 0 aromatic heterocycles. The van der Waals surface area contributed by atoms with Gasteiger partial charge >= 0.3 is 0 Å². The molecule has 0 radical (unpaired) electrons. The highest BCUT2D eigenvalue weighted by atomic mass is 79.9. The van der Waals surface area contributed by atoms with Crippen LogP contribution in [0.15, 0.2) is 22.7 Å². The lowest BCUT2D eigenvalue weighted by Gasteiger charge is -2.27. The smallest absolute Gasteiger partial charge is 0.133 e. The Morgan fingerprint density at radius 2 is 2.21 bits per heavy atom. The third-order valence-corrected chi connectivity index (χ3v) is 5.65. The van der Waals surface area contributed by atoms with E-state index in [1.807, 2.05) is 6.07 Å². The second kappa shape index (κ2) is 5.45. The first-order valence-corrected chi connectivity index (χ1v) is 8.04. The molecule has 104 valence electrons. The number of benzene rings is 1. The molecule has 4 atom stereocenters. The number of ether oxygens (including phenoxy) is 1. The third-order valence-electron chi connectivity index (χ3n) is 5.03. The fourth-order valence-corrected chi connectivity index (χ4v) is 4.67. The molecule has 2 N–H and O–H groups in total. The Morgan fingerprint density at radius 3 is 2.79 bits per heavy atom. The number of halogens is 1. The summed E-state index contributed by atoms with van der Waals surface area (Å²) < 4.78 is 6.29. The van der Waals surface area contributed by atoms with Crippen LogP contribution in [-0.4, -0.2) is 13.2 Å². The topological polar surface area (TPSA) is 35.2 Å². The molecule has 0 spiro atoms. The average Bonchev–Trinajstić information content (AvgIpc) is 3.01. The summed E-state index contributed by atoms with van der Waals surface area (Å²) in [6.07, 6.45) is 6.64. The minimum atomic E-state index is 0.315. The van der Waals surface area contributed by atoms with Crippen LogP contribution in [0.3, 0.4) is 0 Å². The zero-order chi connectivity index (χ0) is 13.4. The number of hydrogen-bond acceptors (Lipinski definition) is 2. The molecule has 19 heavy (non-hydrogen) atoms. The van der Waals surface area contributed by atoms with Crippen molar-refractivity contribution < 1.29 is 4.74 Å². The quantitative estimate of drug-likeness (QED) is 0.915. The zero-order valence-electron chi connectivity index (χ0n) is 11.4. The molecule has 2 bridgehead atoms. The summed E-state index contributed by atoms with van der Waals surface area (Å²) in [4.78, 5) is 0. The molecule has 1 aromatic carbocycles. The van der Waals surface area contributed by atoms with Gasteiger partial charge in [0, 0.05) is 6.04 Å². The number of fused-ring (bicyclic) bond motifs is 2. The van der Waals surface area contributed by atoms with Crippen LogP contribution in [0.2, 0.25) is 0 Å². The fourth-order valence-electron chi connectivity index (χ4n) is 4.08. The van der Waals surface area contributed by atoms with Crippen molar-refractivity contribution in [3.63, 3.8) is 0 Å². The largest absolute Gasteiger partial charge is 0.496 e. The minimum Gasteiger partial charge on any atom is -0.496 e. The first-order valence-electron chi connectivity index (χ1n) is 7.25. The number of hydrogen-bond donors (Lipinski definition) is 1. The molecular formula is C16H22BrNO. The van der Waals surface area contributed by atoms with Crippen LogP contribution in [0.4, 0.5) is 0 Å². The van der Waals surface area contributed by atoms with Crippen molar-refractivity contribution in [2.24, 2.45) is 23.5 Å². The van der Waals surface area contributed by atoms with Gasteiger partial charge < -0.3 is 10.5 Å². The lowest BCUT2D eigenvalue weighted by Crippen LogP contribution is -2.35. The lowest BCUT2D eigenvalue weighted by molar-refractivity contribution is 0.280. The van der Waals surface area contributed by atoms with Crippen LogP contribution in [0, 0.1) is 17.8 Å². The second-order valence-corrected chi connectivity index (χ2v) is 7.03. The Kier molecular flexibility index (Phi) is 3.86. The number of methoxy groups -OCH3 is 1. The molecule has 2 nitrogen and oxygen atoms in total. The van der Waals surface area contributed by atoms with Gasteiger partial charge in [0.15, 0.2) is 0 Å². The van der Waals surface area contributed by atoms with Crippen LogP contribution in [-0.2, 0) is 6.42 Å². The van der Waals surface area contributed by atoms with Crippen LogP contribution < -0.4 is 10.5 Å². The summed E-state index contributed by atoms with van der Waals surface area (Å²) in [7, 11) is 1.70. The van der Waals surface area contributed by atoms with Gasteiger partial charge in [0.05, 0.1) is 11.6 Å². The van der Waals surface area contributed by atoms with E-state index in [9.17, 15) is 0 Å². The average molecular weight is 324 g/mol. The summed E-state index contributed by atoms with van der Waals surface area (Å²) in [6.45, 7) is 0. The van der Waals surface area contributed by atoms with Crippen molar-refractivity contribution in [3.05, 3.63) is 28.2 Å². The van der Waals surface area contributed by atoms with Crippen molar-refractivity contribution in [3.8, 4) is 5.75 Å². The SMILES string of the molecule is COc1ccc(CC(N)C2CC3CCC2C3)cc1Br. The molecule has 2 aliphatic rings. The first kappa shape index (κ1) is 13.4. The first-order chi connectivity index (χ1) is 9.17. The molecule has 0 aliphatic heterocycles. The minimum absolute atomic E-state index is 0.315. The maximum absolute atomic E-state index is 6.47. The van der Waals surface area contributed by atoms with Crippen LogP contribution in [0.5, 0.6) is 5.75 Å². The normalized spacial score (nSPS) is 30.6. The van der Waals surface area contributed by atoms with Gasteiger partial charge in [-0.25, -0.2) is 0 Å². The second-order valence-electron chi connectivity index (χ2n) is 6.18. The summed E-state index contributed by atoms with van der Waals surface area (Å²) >= 11 is 3.55. The van der Waals surface area contributed by atoms with E-state index in [0.29, 0.717) is 6.04 Å². The van der Waals surface area contributed by atoms with E-state index in [4.69, 9.17) is 10.5 Å². The molecular weight excluding hydrogens is 302 g/mol. The molecule has 2 saturated carbocycles. The molecule has 3 heteroatoms. The van der Waals surface area contributed by atoms with Crippen molar-refractivity contribution >= 4 is 15.9 Å². The Morgan fingerprint density at radius 1 is 1.37 bits per heavy atom.